The van der Waals surface area contributed by atoms with Crippen LogP contribution in [0.4, 0.5) is 0 Å². The van der Waals surface area contributed by atoms with Crippen molar-refractivity contribution in [3.63, 3.8) is 0 Å². The van der Waals surface area contributed by atoms with E-state index in [0.717, 1.165) is 57.8 Å². The molecule has 7 nitrogen and oxygen atoms in total. The summed E-state index contributed by atoms with van der Waals surface area (Å²) >= 11 is 0. The molecule has 43 heavy (non-hydrogen) atoms. The number of carbonyl (C=O) groups is 4. The van der Waals surface area contributed by atoms with E-state index in [9.17, 15) is 19.2 Å². The van der Waals surface area contributed by atoms with Crippen LogP contribution in [-0.4, -0.2) is 42.5 Å². The highest BCUT2D eigenvalue weighted by atomic mass is 16.6. The largest absolute Gasteiger partial charge is 0.465 e. The zero-order valence-corrected chi connectivity index (χ0v) is 28.0. The molecule has 240 valence electrons. The van der Waals surface area contributed by atoms with Gasteiger partial charge in [0.05, 0.1) is 0 Å². The van der Waals surface area contributed by atoms with E-state index in [1.807, 2.05) is 6.08 Å². The zero-order chi connectivity index (χ0) is 31.8. The van der Waals surface area contributed by atoms with Crippen molar-refractivity contribution >= 4 is 23.7 Å². The Hall–Kier alpha value is -2.18. The molecule has 0 aromatic heterocycles. The normalized spacial score (nSPS) is 45.1. The molecule has 0 aromatic rings. The molecule has 0 aliphatic heterocycles. The Bertz CT molecular complexity index is 1220. The molecular weight excluding hydrogens is 544 g/mol. The van der Waals surface area contributed by atoms with Gasteiger partial charge in [0.2, 0.25) is 0 Å². The fourth-order valence-corrected chi connectivity index (χ4v) is 11.4. The highest BCUT2D eigenvalue weighted by Gasteiger charge is 2.64. The Kier molecular flexibility index (Phi) is 8.03. The molecule has 4 saturated carbocycles. The molecule has 5 aliphatic rings. The van der Waals surface area contributed by atoms with Crippen LogP contribution < -0.4 is 0 Å². The lowest BCUT2D eigenvalue weighted by molar-refractivity contribution is -0.201. The van der Waals surface area contributed by atoms with Crippen LogP contribution in [0.3, 0.4) is 0 Å². The predicted octanol–water partition coefficient (Wildman–Crippen LogP) is 7.00. The Morgan fingerprint density at radius 2 is 1.42 bits per heavy atom. The van der Waals surface area contributed by atoms with Crippen molar-refractivity contribution in [3.8, 4) is 0 Å². The van der Waals surface area contributed by atoms with Gasteiger partial charge in [0.15, 0.2) is 5.78 Å². The molecule has 0 aromatic carbocycles. The molecule has 7 heteroatoms. The standard InChI is InChI=1S/C36H54O7/c1-21(37)41-20-36(9)28-19-34(7)17-24-16-27(40)31-32(4,5)29(42-22(2)38)13-15-35(31,8)26(24)11-10-25(34)18-33(28,6)14-12-30(36)43-23(3)39/h16,25-26,28-31H,10-15,17-20H2,1-9H3. The van der Waals surface area contributed by atoms with Crippen molar-refractivity contribution < 1.29 is 33.4 Å². The summed E-state index contributed by atoms with van der Waals surface area (Å²) in [6.07, 6.45) is 9.95. The summed E-state index contributed by atoms with van der Waals surface area (Å²) in [6, 6.07) is 0. The average Bonchev–Trinajstić information content (AvgIpc) is 3.01. The predicted molar refractivity (Wildman–Crippen MR) is 163 cm³/mol. The average molecular weight is 599 g/mol. The Morgan fingerprint density at radius 3 is 2.05 bits per heavy atom. The molecule has 0 spiro atoms. The van der Waals surface area contributed by atoms with Crippen molar-refractivity contribution in [2.75, 3.05) is 6.61 Å². The van der Waals surface area contributed by atoms with E-state index in [1.54, 1.807) is 0 Å². The summed E-state index contributed by atoms with van der Waals surface area (Å²) in [6.45, 7) is 18.2. The minimum atomic E-state index is -0.489. The van der Waals surface area contributed by atoms with Crippen molar-refractivity contribution in [3.05, 3.63) is 11.6 Å². The summed E-state index contributed by atoms with van der Waals surface area (Å²) in [5.74, 6) is 0.169. The first-order valence-corrected chi connectivity index (χ1v) is 16.6. The summed E-state index contributed by atoms with van der Waals surface area (Å²) in [5.41, 5.74) is 0.227. The first-order valence-electron chi connectivity index (χ1n) is 16.6. The zero-order valence-electron chi connectivity index (χ0n) is 28.0. The number of ketones is 1. The van der Waals surface area contributed by atoms with Crippen LogP contribution in [0, 0.1) is 50.7 Å². The van der Waals surface area contributed by atoms with Gasteiger partial charge in [-0.1, -0.05) is 47.1 Å². The maximum Gasteiger partial charge on any atom is 0.302 e. The number of fused-ring (bicyclic) bond motifs is 5. The molecule has 0 heterocycles. The molecule has 4 fully saturated rings. The van der Waals surface area contributed by atoms with Crippen molar-refractivity contribution in [2.24, 2.45) is 50.7 Å². The van der Waals surface area contributed by atoms with Gasteiger partial charge in [-0.2, -0.15) is 0 Å². The second kappa shape index (κ2) is 10.7. The third-order valence-corrected chi connectivity index (χ3v) is 13.4. The lowest BCUT2D eigenvalue weighted by Crippen LogP contribution is -2.59. The van der Waals surface area contributed by atoms with E-state index in [2.05, 4.69) is 41.5 Å². The number of esters is 3. The van der Waals surface area contributed by atoms with Crippen molar-refractivity contribution in [1.29, 1.82) is 0 Å². The van der Waals surface area contributed by atoms with Crippen LogP contribution in [0.15, 0.2) is 11.6 Å². The van der Waals surface area contributed by atoms with Gasteiger partial charge in [-0.15, -0.1) is 0 Å². The van der Waals surface area contributed by atoms with Crippen molar-refractivity contribution in [2.45, 2.75) is 132 Å². The number of rotatable bonds is 4. The topological polar surface area (TPSA) is 96.0 Å². The second-order valence-electron chi connectivity index (χ2n) is 16.7. The first-order chi connectivity index (χ1) is 19.9. The number of carbonyl (C=O) groups excluding carboxylic acids is 4. The van der Waals surface area contributed by atoms with Gasteiger partial charge >= 0.3 is 17.9 Å². The molecule has 0 amide bonds. The van der Waals surface area contributed by atoms with Crippen LogP contribution in [0.1, 0.15) is 120 Å². The third-order valence-electron chi connectivity index (χ3n) is 13.4. The number of ether oxygens (including phenoxy) is 3. The molecule has 5 rings (SSSR count). The van der Waals surface area contributed by atoms with Gasteiger partial charge in [0.1, 0.15) is 18.8 Å². The molecule has 0 radical (unpaired) electrons. The molecule has 10 atom stereocenters. The fraction of sp³-hybridized carbons (Fsp3) is 0.833. The monoisotopic (exact) mass is 598 g/mol. The lowest BCUT2D eigenvalue weighted by Gasteiger charge is -2.62. The Balaban J connectivity index is 1.49. The maximum absolute atomic E-state index is 14.1. The molecular formula is C36H54O7. The van der Waals surface area contributed by atoms with Crippen LogP contribution >= 0.6 is 0 Å². The number of allylic oxidation sites excluding steroid dienone is 2. The van der Waals surface area contributed by atoms with E-state index < -0.39 is 10.8 Å². The molecule has 0 saturated heterocycles. The molecule has 10 unspecified atom stereocenters. The van der Waals surface area contributed by atoms with Gasteiger partial charge in [-0.3, -0.25) is 19.2 Å². The maximum atomic E-state index is 14.1. The fourth-order valence-electron chi connectivity index (χ4n) is 11.4. The lowest BCUT2D eigenvalue weighted by atomic mass is 9.43. The quantitative estimate of drug-likeness (QED) is 0.254. The van der Waals surface area contributed by atoms with Gasteiger partial charge < -0.3 is 14.2 Å². The SMILES string of the molecule is CC(=O)OCC1(C)C(OC(C)=O)CCC2(C)CC3CCC4C(=CC(=O)C5C(C)(C)C(OC(C)=O)CCC45C)CC3(C)CC21. The summed E-state index contributed by atoms with van der Waals surface area (Å²) in [7, 11) is 0. The molecule has 0 N–H and O–H groups in total. The summed E-state index contributed by atoms with van der Waals surface area (Å²) < 4.78 is 17.4. The van der Waals surface area contributed by atoms with Gasteiger partial charge in [-0.25, -0.2) is 0 Å². The summed E-state index contributed by atoms with van der Waals surface area (Å²) in [5, 5.41) is 0. The number of hydrogen-bond donors (Lipinski definition) is 0. The highest BCUT2D eigenvalue weighted by Crippen LogP contribution is 2.69. The molecule has 5 aliphatic carbocycles. The van der Waals surface area contributed by atoms with E-state index >= 15 is 0 Å². The smallest absolute Gasteiger partial charge is 0.302 e. The van der Waals surface area contributed by atoms with Crippen molar-refractivity contribution in [1.82, 2.24) is 0 Å². The van der Waals surface area contributed by atoms with Crippen LogP contribution in [0.25, 0.3) is 0 Å². The molecule has 0 bridgehead atoms. The van der Waals surface area contributed by atoms with Crippen LogP contribution in [0.2, 0.25) is 0 Å². The Labute approximate surface area is 258 Å². The van der Waals surface area contributed by atoms with Gasteiger partial charge in [0, 0.05) is 37.5 Å². The Morgan fingerprint density at radius 1 is 0.791 bits per heavy atom. The minimum absolute atomic E-state index is 0.0195. The second-order valence-corrected chi connectivity index (χ2v) is 16.7. The van der Waals surface area contributed by atoms with E-state index in [4.69, 9.17) is 14.2 Å². The van der Waals surface area contributed by atoms with E-state index in [-0.39, 0.29) is 70.6 Å². The number of hydrogen-bond acceptors (Lipinski definition) is 7. The van der Waals surface area contributed by atoms with Gasteiger partial charge in [0.25, 0.3) is 0 Å². The first kappa shape index (κ1) is 32.2. The van der Waals surface area contributed by atoms with Crippen LogP contribution in [0.5, 0.6) is 0 Å². The van der Waals surface area contributed by atoms with Gasteiger partial charge in [-0.05, 0) is 97.9 Å². The highest BCUT2D eigenvalue weighted by molar-refractivity contribution is 5.95. The minimum Gasteiger partial charge on any atom is -0.465 e. The van der Waals surface area contributed by atoms with E-state index in [1.165, 1.54) is 26.3 Å². The van der Waals surface area contributed by atoms with Crippen LogP contribution in [-0.2, 0) is 33.4 Å². The van der Waals surface area contributed by atoms with E-state index in [0.29, 0.717) is 11.8 Å². The third kappa shape index (κ3) is 5.28. The summed E-state index contributed by atoms with van der Waals surface area (Å²) in [4.78, 5) is 50.2.